The molecule has 6 heteroatoms. The first-order chi connectivity index (χ1) is 7.54. The van der Waals surface area contributed by atoms with Gasteiger partial charge in [-0.1, -0.05) is 11.6 Å². The van der Waals surface area contributed by atoms with E-state index in [-0.39, 0.29) is 0 Å². The fourth-order valence-corrected chi connectivity index (χ4v) is 1.27. The van der Waals surface area contributed by atoms with Crippen LogP contribution in [-0.2, 0) is 9.59 Å². The Balaban J connectivity index is 2.81. The van der Waals surface area contributed by atoms with E-state index >= 15 is 0 Å². The Morgan fingerprint density at radius 1 is 1.50 bits per heavy atom. The first kappa shape index (κ1) is 12.3. The third-order valence-electron chi connectivity index (χ3n) is 1.68. The molecule has 0 saturated carbocycles. The van der Waals surface area contributed by atoms with Crippen LogP contribution in [0, 0.1) is 0 Å². The molecular formula is C10H10ClNO4. The zero-order valence-corrected chi connectivity index (χ0v) is 9.25. The number of amides is 1. The van der Waals surface area contributed by atoms with Crippen molar-refractivity contribution in [2.24, 2.45) is 0 Å². The average Bonchev–Trinajstić information content (AvgIpc) is 2.22. The Morgan fingerprint density at radius 3 is 2.69 bits per heavy atom. The van der Waals surface area contributed by atoms with E-state index in [9.17, 15) is 9.59 Å². The molecule has 0 bridgehead atoms. The fourth-order valence-electron chi connectivity index (χ4n) is 1.04. The Labute approximate surface area is 97.0 Å². The zero-order valence-electron chi connectivity index (χ0n) is 8.49. The lowest BCUT2D eigenvalue weighted by molar-refractivity contribution is -0.147. The van der Waals surface area contributed by atoms with Crippen LogP contribution in [0.15, 0.2) is 18.2 Å². The summed E-state index contributed by atoms with van der Waals surface area (Å²) in [6.07, 6.45) is 0. The molecule has 0 unspecified atom stereocenters. The van der Waals surface area contributed by atoms with Crippen molar-refractivity contribution in [3.05, 3.63) is 23.2 Å². The minimum atomic E-state index is -1.55. The largest absolute Gasteiger partial charge is 0.492 e. The number of halogens is 1. The van der Waals surface area contributed by atoms with E-state index < -0.39 is 11.9 Å². The number of carboxylic acids is 1. The van der Waals surface area contributed by atoms with E-state index in [0.29, 0.717) is 23.1 Å². The summed E-state index contributed by atoms with van der Waals surface area (Å²) in [4.78, 5) is 21.1. The molecule has 86 valence electrons. The maximum absolute atomic E-state index is 10.8. The first-order valence-electron chi connectivity index (χ1n) is 4.51. The minimum absolute atomic E-state index is 0.306. The number of benzene rings is 1. The van der Waals surface area contributed by atoms with E-state index in [1.165, 1.54) is 12.1 Å². The quantitative estimate of drug-likeness (QED) is 0.794. The minimum Gasteiger partial charge on any atom is -0.492 e. The number of carboxylic acid groups (broad SMARTS) is 1. The number of hydrogen-bond donors (Lipinski definition) is 2. The number of hydrogen-bond acceptors (Lipinski definition) is 3. The average molecular weight is 244 g/mol. The highest BCUT2D eigenvalue weighted by Gasteiger charge is 2.12. The molecule has 0 aliphatic carbocycles. The topological polar surface area (TPSA) is 75.6 Å². The van der Waals surface area contributed by atoms with E-state index in [1.54, 1.807) is 6.07 Å². The Morgan fingerprint density at radius 2 is 2.19 bits per heavy atom. The van der Waals surface area contributed by atoms with Crippen LogP contribution in [-0.4, -0.2) is 23.6 Å². The number of carbonyl (C=O) groups is 2. The van der Waals surface area contributed by atoms with Crippen molar-refractivity contribution < 1.29 is 19.4 Å². The Kier molecular flexibility index (Phi) is 4.13. The molecule has 5 nitrogen and oxygen atoms in total. The van der Waals surface area contributed by atoms with Gasteiger partial charge in [0.15, 0.2) is 0 Å². The second kappa shape index (κ2) is 5.37. The number of rotatable bonds is 3. The van der Waals surface area contributed by atoms with Gasteiger partial charge in [0.1, 0.15) is 5.75 Å². The lowest BCUT2D eigenvalue weighted by Crippen LogP contribution is -2.21. The SMILES string of the molecule is CCOc1ccc(NC(=O)C(=O)O)cc1Cl. The van der Waals surface area contributed by atoms with Crippen LogP contribution in [0.1, 0.15) is 6.92 Å². The molecule has 0 heterocycles. The highest BCUT2D eigenvalue weighted by molar-refractivity contribution is 6.37. The first-order valence-corrected chi connectivity index (χ1v) is 4.89. The summed E-state index contributed by atoms with van der Waals surface area (Å²) in [5, 5.41) is 10.9. The van der Waals surface area contributed by atoms with Crippen LogP contribution < -0.4 is 10.1 Å². The van der Waals surface area contributed by atoms with Crippen LogP contribution in [0.25, 0.3) is 0 Å². The van der Waals surface area contributed by atoms with Gasteiger partial charge in [-0.05, 0) is 25.1 Å². The van der Waals surface area contributed by atoms with Crippen molar-refractivity contribution >= 4 is 29.2 Å². The predicted molar refractivity (Wildman–Crippen MR) is 58.9 cm³/mol. The van der Waals surface area contributed by atoms with E-state index in [4.69, 9.17) is 21.4 Å². The molecule has 1 aromatic carbocycles. The fraction of sp³-hybridized carbons (Fsp3) is 0.200. The second-order valence-corrected chi connectivity index (χ2v) is 3.24. The number of carbonyl (C=O) groups excluding carboxylic acids is 1. The van der Waals surface area contributed by atoms with Gasteiger partial charge in [-0.2, -0.15) is 0 Å². The zero-order chi connectivity index (χ0) is 12.1. The van der Waals surface area contributed by atoms with Gasteiger partial charge in [-0.25, -0.2) is 4.79 Å². The molecular weight excluding hydrogens is 234 g/mol. The second-order valence-electron chi connectivity index (χ2n) is 2.84. The van der Waals surface area contributed by atoms with Crippen LogP contribution >= 0.6 is 11.6 Å². The van der Waals surface area contributed by atoms with E-state index in [1.807, 2.05) is 6.92 Å². The highest BCUT2D eigenvalue weighted by atomic mass is 35.5. The summed E-state index contributed by atoms with van der Waals surface area (Å²) >= 11 is 5.85. The standard InChI is InChI=1S/C10H10ClNO4/c1-2-16-8-4-3-6(5-7(8)11)12-9(13)10(14)15/h3-5H,2H2,1H3,(H,12,13)(H,14,15). The molecule has 16 heavy (non-hydrogen) atoms. The molecule has 0 aliphatic heterocycles. The molecule has 0 aliphatic rings. The number of anilines is 1. The molecule has 0 atom stereocenters. The van der Waals surface area contributed by atoms with Crippen LogP contribution in [0.2, 0.25) is 5.02 Å². The molecule has 0 radical (unpaired) electrons. The van der Waals surface area contributed by atoms with Gasteiger partial charge < -0.3 is 15.2 Å². The van der Waals surface area contributed by atoms with Crippen LogP contribution in [0.3, 0.4) is 0 Å². The van der Waals surface area contributed by atoms with E-state index in [2.05, 4.69) is 5.32 Å². The lowest BCUT2D eigenvalue weighted by Gasteiger charge is -2.07. The summed E-state index contributed by atoms with van der Waals surface area (Å²) in [5.74, 6) is -2.18. The molecule has 0 saturated heterocycles. The van der Waals surface area contributed by atoms with Gasteiger partial charge >= 0.3 is 11.9 Å². The molecule has 1 amide bonds. The molecule has 2 N–H and O–H groups in total. The van der Waals surface area contributed by atoms with Crippen molar-refractivity contribution in [1.29, 1.82) is 0 Å². The van der Waals surface area contributed by atoms with Gasteiger partial charge in [0.2, 0.25) is 0 Å². The molecule has 0 fully saturated rings. The summed E-state index contributed by atoms with van der Waals surface area (Å²) in [7, 11) is 0. The summed E-state index contributed by atoms with van der Waals surface area (Å²) in [6, 6.07) is 4.49. The normalized spacial score (nSPS) is 9.62. The van der Waals surface area contributed by atoms with Gasteiger partial charge in [-0.15, -0.1) is 0 Å². The van der Waals surface area contributed by atoms with Crippen molar-refractivity contribution in [2.75, 3.05) is 11.9 Å². The summed E-state index contributed by atoms with van der Waals surface area (Å²) < 4.78 is 5.18. The maximum Gasteiger partial charge on any atom is 0.394 e. The van der Waals surface area contributed by atoms with Crippen molar-refractivity contribution in [3.63, 3.8) is 0 Å². The van der Waals surface area contributed by atoms with Gasteiger partial charge in [-0.3, -0.25) is 4.79 Å². The number of aliphatic carboxylic acids is 1. The van der Waals surface area contributed by atoms with Gasteiger partial charge in [0.25, 0.3) is 0 Å². The van der Waals surface area contributed by atoms with Crippen LogP contribution in [0.5, 0.6) is 5.75 Å². The Bertz CT molecular complexity index is 419. The van der Waals surface area contributed by atoms with Gasteiger partial charge in [0.05, 0.1) is 11.6 Å². The third-order valence-corrected chi connectivity index (χ3v) is 1.98. The lowest BCUT2D eigenvalue weighted by atomic mass is 10.3. The van der Waals surface area contributed by atoms with Gasteiger partial charge in [0, 0.05) is 5.69 Å². The number of nitrogens with one attached hydrogen (secondary N) is 1. The van der Waals surface area contributed by atoms with Crippen molar-refractivity contribution in [2.45, 2.75) is 6.92 Å². The van der Waals surface area contributed by atoms with Crippen molar-refractivity contribution in [3.8, 4) is 5.75 Å². The predicted octanol–water partition coefficient (Wildman–Crippen LogP) is 1.76. The highest BCUT2D eigenvalue weighted by Crippen LogP contribution is 2.27. The Hall–Kier alpha value is -1.75. The molecule has 1 rings (SSSR count). The molecule has 1 aromatic rings. The summed E-state index contributed by atoms with van der Waals surface area (Å²) in [5.41, 5.74) is 0.306. The maximum atomic E-state index is 10.8. The smallest absolute Gasteiger partial charge is 0.394 e. The van der Waals surface area contributed by atoms with E-state index in [0.717, 1.165) is 0 Å². The van der Waals surface area contributed by atoms with Crippen molar-refractivity contribution in [1.82, 2.24) is 0 Å². The monoisotopic (exact) mass is 243 g/mol. The molecule has 0 aromatic heterocycles. The summed E-state index contributed by atoms with van der Waals surface area (Å²) in [6.45, 7) is 2.29. The number of ether oxygens (including phenoxy) is 1. The third kappa shape index (κ3) is 3.13. The molecule has 0 spiro atoms. The van der Waals surface area contributed by atoms with Crippen LogP contribution in [0.4, 0.5) is 5.69 Å².